The monoisotopic (exact) mass is 208 g/mol. The van der Waals surface area contributed by atoms with E-state index in [0.29, 0.717) is 0 Å². The van der Waals surface area contributed by atoms with Gasteiger partial charge in [0.05, 0.1) is 5.69 Å². The van der Waals surface area contributed by atoms with Crippen molar-refractivity contribution in [3.05, 3.63) is 17.8 Å². The number of nitrogens with zero attached hydrogens (tertiary/aromatic N) is 2. The summed E-state index contributed by atoms with van der Waals surface area (Å²) in [6.45, 7) is 4.63. The molecule has 2 rings (SSSR count). The summed E-state index contributed by atoms with van der Waals surface area (Å²) in [5, 5.41) is 0. The van der Waals surface area contributed by atoms with Crippen molar-refractivity contribution in [2.75, 3.05) is 13.1 Å². The fourth-order valence-corrected chi connectivity index (χ4v) is 2.04. The predicted molar refractivity (Wildman–Crippen MR) is 55.3 cm³/mol. The minimum Gasteiger partial charge on any atom is -0.448 e. The first-order valence-electron chi connectivity index (χ1n) is 5.36. The zero-order valence-corrected chi connectivity index (χ0v) is 8.98. The molecule has 4 heteroatoms. The summed E-state index contributed by atoms with van der Waals surface area (Å²) in [6, 6.07) is 0. The Morgan fingerprint density at radius 1 is 1.73 bits per heavy atom. The van der Waals surface area contributed by atoms with Crippen LogP contribution in [0.3, 0.4) is 0 Å². The van der Waals surface area contributed by atoms with Crippen LogP contribution in [0.5, 0.6) is 0 Å². The van der Waals surface area contributed by atoms with Gasteiger partial charge in [0.2, 0.25) is 0 Å². The standard InChI is InChI=1S/C11H16N2O2/c1-9-11(12-8-15-9)6-13-4-2-3-10(5-13)7-14/h7-8,10H,2-6H2,1H3. The molecule has 1 aromatic heterocycles. The van der Waals surface area contributed by atoms with E-state index in [9.17, 15) is 4.79 Å². The highest BCUT2D eigenvalue weighted by Crippen LogP contribution is 2.17. The Kier molecular flexibility index (Phi) is 3.16. The van der Waals surface area contributed by atoms with Gasteiger partial charge in [-0.2, -0.15) is 0 Å². The van der Waals surface area contributed by atoms with Gasteiger partial charge in [-0.05, 0) is 26.3 Å². The van der Waals surface area contributed by atoms with Gasteiger partial charge in [-0.1, -0.05) is 0 Å². The molecule has 1 saturated heterocycles. The van der Waals surface area contributed by atoms with Crippen molar-refractivity contribution >= 4 is 6.29 Å². The van der Waals surface area contributed by atoms with Crippen LogP contribution in [0.25, 0.3) is 0 Å². The summed E-state index contributed by atoms with van der Waals surface area (Å²) in [5.41, 5.74) is 0.988. The van der Waals surface area contributed by atoms with E-state index in [0.717, 1.165) is 50.2 Å². The van der Waals surface area contributed by atoms with Crippen molar-refractivity contribution in [2.45, 2.75) is 26.3 Å². The fourth-order valence-electron chi connectivity index (χ4n) is 2.04. The quantitative estimate of drug-likeness (QED) is 0.704. The van der Waals surface area contributed by atoms with Gasteiger partial charge < -0.3 is 9.21 Å². The summed E-state index contributed by atoms with van der Waals surface area (Å²) in [4.78, 5) is 17.1. The highest BCUT2D eigenvalue weighted by Gasteiger charge is 2.20. The van der Waals surface area contributed by atoms with Crippen molar-refractivity contribution < 1.29 is 9.21 Å². The van der Waals surface area contributed by atoms with Crippen LogP contribution in [0.15, 0.2) is 10.8 Å². The summed E-state index contributed by atoms with van der Waals surface area (Å²) < 4.78 is 5.15. The first-order chi connectivity index (χ1) is 7.29. The van der Waals surface area contributed by atoms with E-state index in [1.54, 1.807) is 0 Å². The second-order valence-electron chi connectivity index (χ2n) is 4.13. The van der Waals surface area contributed by atoms with E-state index < -0.39 is 0 Å². The maximum Gasteiger partial charge on any atom is 0.181 e. The molecular weight excluding hydrogens is 192 g/mol. The number of likely N-dealkylation sites (tertiary alicyclic amines) is 1. The molecule has 1 unspecified atom stereocenters. The lowest BCUT2D eigenvalue weighted by molar-refractivity contribution is -0.112. The lowest BCUT2D eigenvalue weighted by Crippen LogP contribution is -2.35. The molecule has 1 fully saturated rings. The van der Waals surface area contributed by atoms with Gasteiger partial charge >= 0.3 is 0 Å². The molecule has 0 amide bonds. The summed E-state index contributed by atoms with van der Waals surface area (Å²) in [6.07, 6.45) is 4.67. The minimum absolute atomic E-state index is 0.200. The number of carbonyl (C=O) groups is 1. The Hall–Kier alpha value is -1.16. The van der Waals surface area contributed by atoms with E-state index in [2.05, 4.69) is 9.88 Å². The van der Waals surface area contributed by atoms with Crippen LogP contribution in [0.1, 0.15) is 24.3 Å². The topological polar surface area (TPSA) is 46.3 Å². The largest absolute Gasteiger partial charge is 0.448 e. The molecule has 1 atom stereocenters. The van der Waals surface area contributed by atoms with Gasteiger partial charge in [-0.25, -0.2) is 4.98 Å². The normalized spacial score (nSPS) is 22.9. The number of aldehydes is 1. The summed E-state index contributed by atoms with van der Waals surface area (Å²) in [5.74, 6) is 1.08. The van der Waals surface area contributed by atoms with Crippen molar-refractivity contribution in [3.8, 4) is 0 Å². The van der Waals surface area contributed by atoms with Crippen molar-refractivity contribution in [1.29, 1.82) is 0 Å². The molecule has 0 aliphatic carbocycles. The van der Waals surface area contributed by atoms with Crippen molar-refractivity contribution in [1.82, 2.24) is 9.88 Å². The lowest BCUT2D eigenvalue weighted by Gasteiger charge is -2.29. The highest BCUT2D eigenvalue weighted by molar-refractivity contribution is 5.53. The lowest BCUT2D eigenvalue weighted by atomic mass is 9.99. The molecule has 0 radical (unpaired) electrons. The smallest absolute Gasteiger partial charge is 0.181 e. The van der Waals surface area contributed by atoms with E-state index >= 15 is 0 Å². The second-order valence-corrected chi connectivity index (χ2v) is 4.13. The van der Waals surface area contributed by atoms with Crippen LogP contribution in [0, 0.1) is 12.8 Å². The molecule has 2 heterocycles. The van der Waals surface area contributed by atoms with E-state index in [1.165, 1.54) is 6.39 Å². The van der Waals surface area contributed by atoms with Crippen molar-refractivity contribution in [3.63, 3.8) is 0 Å². The molecule has 0 bridgehead atoms. The number of rotatable bonds is 3. The average Bonchev–Trinajstić information content (AvgIpc) is 2.65. The summed E-state index contributed by atoms with van der Waals surface area (Å²) >= 11 is 0. The minimum atomic E-state index is 0.200. The fraction of sp³-hybridized carbons (Fsp3) is 0.636. The van der Waals surface area contributed by atoms with Crippen LogP contribution >= 0.6 is 0 Å². The van der Waals surface area contributed by atoms with Crippen LogP contribution in [-0.2, 0) is 11.3 Å². The van der Waals surface area contributed by atoms with Gasteiger partial charge in [-0.15, -0.1) is 0 Å². The van der Waals surface area contributed by atoms with Crippen LogP contribution in [0.2, 0.25) is 0 Å². The number of hydrogen-bond acceptors (Lipinski definition) is 4. The Morgan fingerprint density at radius 3 is 3.27 bits per heavy atom. The molecule has 4 nitrogen and oxygen atoms in total. The predicted octanol–water partition coefficient (Wildman–Crippen LogP) is 1.39. The maximum atomic E-state index is 10.7. The van der Waals surface area contributed by atoms with Gasteiger partial charge in [0, 0.05) is 19.0 Å². The second kappa shape index (κ2) is 4.57. The van der Waals surface area contributed by atoms with Crippen LogP contribution in [0.4, 0.5) is 0 Å². The van der Waals surface area contributed by atoms with Gasteiger partial charge in [-0.3, -0.25) is 4.90 Å². The molecule has 1 aromatic rings. The van der Waals surface area contributed by atoms with E-state index in [4.69, 9.17) is 4.42 Å². The zero-order chi connectivity index (χ0) is 10.7. The number of aryl methyl sites for hydroxylation is 1. The van der Waals surface area contributed by atoms with Crippen LogP contribution < -0.4 is 0 Å². The molecule has 15 heavy (non-hydrogen) atoms. The molecule has 1 aliphatic heterocycles. The van der Waals surface area contributed by atoms with Gasteiger partial charge in [0.1, 0.15) is 12.0 Å². The third kappa shape index (κ3) is 2.45. The molecule has 0 saturated carbocycles. The van der Waals surface area contributed by atoms with Crippen molar-refractivity contribution in [2.24, 2.45) is 5.92 Å². The molecule has 0 aromatic carbocycles. The number of aromatic nitrogens is 1. The molecule has 0 N–H and O–H groups in total. The Balaban J connectivity index is 1.94. The Bertz CT molecular complexity index is 335. The molecular formula is C11H16N2O2. The first kappa shape index (κ1) is 10.4. The zero-order valence-electron chi connectivity index (χ0n) is 8.98. The Labute approximate surface area is 89.3 Å². The number of oxazole rings is 1. The maximum absolute atomic E-state index is 10.7. The van der Waals surface area contributed by atoms with E-state index in [-0.39, 0.29) is 5.92 Å². The average molecular weight is 208 g/mol. The van der Waals surface area contributed by atoms with Gasteiger partial charge in [0.15, 0.2) is 6.39 Å². The molecule has 0 spiro atoms. The highest BCUT2D eigenvalue weighted by atomic mass is 16.3. The number of carbonyl (C=O) groups excluding carboxylic acids is 1. The van der Waals surface area contributed by atoms with E-state index in [1.807, 2.05) is 6.92 Å². The van der Waals surface area contributed by atoms with Crippen LogP contribution in [-0.4, -0.2) is 29.3 Å². The SMILES string of the molecule is Cc1ocnc1CN1CCCC(C=O)C1. The molecule has 82 valence electrons. The Morgan fingerprint density at radius 2 is 2.60 bits per heavy atom. The molecule has 1 aliphatic rings. The number of hydrogen-bond donors (Lipinski definition) is 0. The third-order valence-electron chi connectivity index (χ3n) is 2.95. The summed E-state index contributed by atoms with van der Waals surface area (Å²) in [7, 11) is 0. The third-order valence-corrected chi connectivity index (χ3v) is 2.95. The number of piperidine rings is 1. The van der Waals surface area contributed by atoms with Gasteiger partial charge in [0.25, 0.3) is 0 Å². The first-order valence-corrected chi connectivity index (χ1v) is 5.36.